The number of hydrogen-bond acceptors (Lipinski definition) is 9. The predicted octanol–water partition coefficient (Wildman–Crippen LogP) is 5.08. The van der Waals surface area contributed by atoms with Gasteiger partial charge in [-0.1, -0.05) is 44.2 Å². The van der Waals surface area contributed by atoms with Gasteiger partial charge in [0.25, 0.3) is 5.91 Å². The SMILES string of the molecule is CCOC(=O)c1coc([C@H](Cc2ccccc2)NC(=O)c2nc([C@@H](NC(=O)OC(C)(C)C)C(C)C)oc2C)n1. The van der Waals surface area contributed by atoms with Crippen molar-refractivity contribution in [3.8, 4) is 0 Å². The monoisotopic (exact) mass is 540 g/mol. The molecule has 0 fully saturated rings. The second-order valence-electron chi connectivity index (χ2n) is 10.3. The number of amides is 2. The van der Waals surface area contributed by atoms with E-state index in [4.69, 9.17) is 18.3 Å². The Bertz CT molecular complexity index is 1270. The molecule has 2 amide bonds. The van der Waals surface area contributed by atoms with E-state index in [0.717, 1.165) is 5.56 Å². The molecule has 0 bridgehead atoms. The maximum Gasteiger partial charge on any atom is 0.408 e. The van der Waals surface area contributed by atoms with Crippen molar-refractivity contribution in [1.82, 2.24) is 20.6 Å². The Kier molecular flexibility index (Phi) is 9.50. The average Bonchev–Trinajstić information content (AvgIpc) is 3.49. The highest BCUT2D eigenvalue weighted by Crippen LogP contribution is 2.25. The highest BCUT2D eigenvalue weighted by Gasteiger charge is 2.30. The summed E-state index contributed by atoms with van der Waals surface area (Å²) in [7, 11) is 0. The number of carbonyl (C=O) groups excluding carboxylic acids is 3. The number of rotatable bonds is 10. The van der Waals surface area contributed by atoms with E-state index in [1.165, 1.54) is 6.26 Å². The van der Waals surface area contributed by atoms with Crippen LogP contribution in [-0.4, -0.2) is 40.1 Å². The van der Waals surface area contributed by atoms with Gasteiger partial charge < -0.3 is 28.9 Å². The minimum atomic E-state index is -0.719. The number of aryl methyl sites for hydroxylation is 1. The van der Waals surface area contributed by atoms with Gasteiger partial charge in [0.05, 0.1) is 6.61 Å². The van der Waals surface area contributed by atoms with Gasteiger partial charge >= 0.3 is 12.1 Å². The van der Waals surface area contributed by atoms with Crippen molar-refractivity contribution in [2.24, 2.45) is 5.92 Å². The van der Waals surface area contributed by atoms with Crippen molar-refractivity contribution in [2.45, 2.75) is 72.6 Å². The van der Waals surface area contributed by atoms with Gasteiger partial charge in [-0.05, 0) is 46.1 Å². The molecule has 2 aromatic heterocycles. The summed E-state index contributed by atoms with van der Waals surface area (Å²) in [5.41, 5.74) is 0.297. The Balaban J connectivity index is 1.85. The fourth-order valence-electron chi connectivity index (χ4n) is 3.73. The molecule has 1 aromatic carbocycles. The van der Waals surface area contributed by atoms with E-state index in [1.807, 2.05) is 44.2 Å². The van der Waals surface area contributed by atoms with Crippen molar-refractivity contribution in [2.75, 3.05) is 6.61 Å². The van der Waals surface area contributed by atoms with Crippen LogP contribution < -0.4 is 10.6 Å². The molecule has 2 heterocycles. The molecule has 0 spiro atoms. The zero-order valence-corrected chi connectivity index (χ0v) is 23.4. The number of carbonyl (C=O) groups is 3. The first-order chi connectivity index (χ1) is 18.4. The molecule has 210 valence electrons. The number of hydrogen-bond donors (Lipinski definition) is 2. The fraction of sp³-hybridized carbons (Fsp3) is 0.464. The van der Waals surface area contributed by atoms with Crippen LogP contribution in [0.4, 0.5) is 4.79 Å². The molecule has 3 aromatic rings. The van der Waals surface area contributed by atoms with Crippen molar-refractivity contribution < 1.29 is 32.7 Å². The lowest BCUT2D eigenvalue weighted by Crippen LogP contribution is -2.37. The van der Waals surface area contributed by atoms with E-state index in [0.29, 0.717) is 6.42 Å². The first kappa shape index (κ1) is 29.4. The van der Waals surface area contributed by atoms with Crippen LogP contribution in [0.15, 0.2) is 45.4 Å². The number of aromatic nitrogens is 2. The molecule has 3 rings (SSSR count). The summed E-state index contributed by atoms with van der Waals surface area (Å²) in [5, 5.41) is 5.67. The lowest BCUT2D eigenvalue weighted by atomic mass is 10.0. The summed E-state index contributed by atoms with van der Waals surface area (Å²) >= 11 is 0. The molecule has 39 heavy (non-hydrogen) atoms. The number of benzene rings is 1. The highest BCUT2D eigenvalue weighted by molar-refractivity contribution is 5.93. The average molecular weight is 541 g/mol. The van der Waals surface area contributed by atoms with Gasteiger partial charge in [0.15, 0.2) is 11.4 Å². The summed E-state index contributed by atoms with van der Waals surface area (Å²) in [6.45, 7) is 12.6. The fourth-order valence-corrected chi connectivity index (χ4v) is 3.73. The van der Waals surface area contributed by atoms with Crippen LogP contribution in [0.1, 0.15) is 97.7 Å². The molecule has 0 aliphatic rings. The smallest absolute Gasteiger partial charge is 0.408 e. The normalized spacial score (nSPS) is 13.0. The van der Waals surface area contributed by atoms with Crippen LogP contribution in [0.3, 0.4) is 0 Å². The third kappa shape index (κ3) is 8.17. The Morgan fingerprint density at radius 3 is 2.33 bits per heavy atom. The van der Waals surface area contributed by atoms with Gasteiger partial charge in [0, 0.05) is 6.42 Å². The number of alkyl carbamates (subject to hydrolysis) is 1. The van der Waals surface area contributed by atoms with Crippen LogP contribution in [0, 0.1) is 12.8 Å². The van der Waals surface area contributed by atoms with Crippen molar-refractivity contribution in [3.05, 3.63) is 71.1 Å². The molecule has 2 N–H and O–H groups in total. The van der Waals surface area contributed by atoms with Crippen LogP contribution in [0.2, 0.25) is 0 Å². The maximum atomic E-state index is 13.4. The number of nitrogens with zero attached hydrogens (tertiary/aromatic N) is 2. The summed E-state index contributed by atoms with van der Waals surface area (Å²) in [6.07, 6.45) is 0.924. The van der Waals surface area contributed by atoms with Gasteiger partial charge in [0.2, 0.25) is 11.8 Å². The maximum absolute atomic E-state index is 13.4. The van der Waals surface area contributed by atoms with Crippen LogP contribution >= 0.6 is 0 Å². The summed E-state index contributed by atoms with van der Waals surface area (Å²) in [5.74, 6) is -0.657. The number of oxazole rings is 2. The minimum absolute atomic E-state index is 0.00653. The van der Waals surface area contributed by atoms with Gasteiger partial charge in [-0.3, -0.25) is 4.79 Å². The van der Waals surface area contributed by atoms with Crippen molar-refractivity contribution in [1.29, 1.82) is 0 Å². The minimum Gasteiger partial charge on any atom is -0.461 e. The molecular weight excluding hydrogens is 504 g/mol. The summed E-state index contributed by atoms with van der Waals surface area (Å²) in [6, 6.07) is 8.12. The van der Waals surface area contributed by atoms with Crippen LogP contribution in [-0.2, 0) is 15.9 Å². The highest BCUT2D eigenvalue weighted by atomic mass is 16.6. The molecule has 0 radical (unpaired) electrons. The lowest BCUT2D eigenvalue weighted by Gasteiger charge is -2.24. The quantitative estimate of drug-likeness (QED) is 0.336. The van der Waals surface area contributed by atoms with Gasteiger partial charge in [-0.25, -0.2) is 19.6 Å². The Labute approximate surface area is 227 Å². The molecule has 0 unspecified atom stereocenters. The molecule has 11 heteroatoms. The van der Waals surface area contributed by atoms with E-state index in [-0.39, 0.29) is 41.5 Å². The molecular formula is C28H36N4O7. The molecule has 2 atom stereocenters. The third-order valence-corrected chi connectivity index (χ3v) is 5.53. The van der Waals surface area contributed by atoms with E-state index in [2.05, 4.69) is 20.6 Å². The van der Waals surface area contributed by atoms with Gasteiger partial charge in [0.1, 0.15) is 29.7 Å². The molecule has 0 aliphatic carbocycles. The number of nitrogens with one attached hydrogen (secondary N) is 2. The summed E-state index contributed by atoms with van der Waals surface area (Å²) < 4.78 is 21.7. The zero-order valence-electron chi connectivity index (χ0n) is 23.4. The second kappa shape index (κ2) is 12.6. The zero-order chi connectivity index (χ0) is 28.7. The number of ether oxygens (including phenoxy) is 2. The summed E-state index contributed by atoms with van der Waals surface area (Å²) in [4.78, 5) is 46.6. The molecule has 0 saturated carbocycles. The van der Waals surface area contributed by atoms with E-state index >= 15 is 0 Å². The molecule has 11 nitrogen and oxygen atoms in total. The first-order valence-corrected chi connectivity index (χ1v) is 12.8. The van der Waals surface area contributed by atoms with Crippen LogP contribution in [0.5, 0.6) is 0 Å². The Hall–Kier alpha value is -4.15. The third-order valence-electron chi connectivity index (χ3n) is 5.53. The predicted molar refractivity (Wildman–Crippen MR) is 141 cm³/mol. The van der Waals surface area contributed by atoms with Gasteiger partial charge in [-0.15, -0.1) is 0 Å². The van der Waals surface area contributed by atoms with Gasteiger partial charge in [-0.2, -0.15) is 0 Å². The molecule has 0 saturated heterocycles. The molecule has 0 aliphatic heterocycles. The standard InChI is InChI=1S/C28H36N4O7/c1-8-36-26(34)20-15-37-24(30-20)19(14-18-12-10-9-11-13-18)29-23(33)22-17(4)38-25(31-22)21(16(2)3)32-27(35)39-28(5,6)7/h9-13,15-16,19,21H,8,14H2,1-7H3,(H,29,33)(H,32,35)/t19-,21-/m0/s1. The van der Waals surface area contributed by atoms with E-state index in [1.54, 1.807) is 34.6 Å². The Morgan fingerprint density at radius 1 is 1.03 bits per heavy atom. The lowest BCUT2D eigenvalue weighted by molar-refractivity contribution is 0.0476. The second-order valence-corrected chi connectivity index (χ2v) is 10.3. The van der Waals surface area contributed by atoms with Crippen molar-refractivity contribution >= 4 is 18.0 Å². The van der Waals surface area contributed by atoms with E-state index in [9.17, 15) is 14.4 Å². The largest absolute Gasteiger partial charge is 0.461 e. The number of esters is 1. The van der Waals surface area contributed by atoms with Crippen LogP contribution in [0.25, 0.3) is 0 Å². The van der Waals surface area contributed by atoms with E-state index < -0.39 is 35.7 Å². The topological polar surface area (TPSA) is 146 Å². The van der Waals surface area contributed by atoms with Crippen molar-refractivity contribution in [3.63, 3.8) is 0 Å². The first-order valence-electron chi connectivity index (χ1n) is 12.8. The Morgan fingerprint density at radius 2 is 1.72 bits per heavy atom.